The molecule has 0 fully saturated rings. The van der Waals surface area contributed by atoms with Crippen LogP contribution >= 0.6 is 0 Å². The Morgan fingerprint density at radius 3 is 1.40 bits per heavy atom. The van der Waals surface area contributed by atoms with Crippen molar-refractivity contribution in [2.24, 2.45) is 0 Å². The van der Waals surface area contributed by atoms with Crippen LogP contribution < -0.4 is 0 Å². The van der Waals surface area contributed by atoms with Gasteiger partial charge < -0.3 is 0 Å². The zero-order valence-electron chi connectivity index (χ0n) is 16.0. The van der Waals surface area contributed by atoms with E-state index >= 15 is 0 Å². The van der Waals surface area contributed by atoms with Gasteiger partial charge >= 0.3 is 0 Å². The first kappa shape index (κ1) is 20.7. The lowest BCUT2D eigenvalue weighted by molar-refractivity contribution is 0.445. The van der Waals surface area contributed by atoms with Gasteiger partial charge in [0.2, 0.25) is 0 Å². The van der Waals surface area contributed by atoms with Crippen LogP contribution in [0.25, 0.3) is 32.7 Å². The summed E-state index contributed by atoms with van der Waals surface area (Å²) < 4.78 is 63.3. The van der Waals surface area contributed by atoms with Gasteiger partial charge in [0.1, 0.15) is 11.6 Å². The normalized spacial score (nSPS) is 13.6. The summed E-state index contributed by atoms with van der Waals surface area (Å²) in [4.78, 5) is 0.644. The first-order chi connectivity index (χ1) is 14.4. The van der Waals surface area contributed by atoms with E-state index in [1.807, 2.05) is 0 Å². The fraction of sp³-hybridized carbons (Fsp3) is 0.0909. The topological polar surface area (TPSA) is 52.6 Å². The Morgan fingerprint density at radius 2 is 1.03 bits per heavy atom. The zero-order chi connectivity index (χ0) is 21.4. The summed E-state index contributed by atoms with van der Waals surface area (Å²) in [6.07, 6.45) is 0. The lowest BCUT2D eigenvalue weighted by Gasteiger charge is -2.17. The predicted octanol–water partition coefficient (Wildman–Crippen LogP) is 5.28. The number of halogens is 2. The highest BCUT2D eigenvalue weighted by atomic mass is 32.2. The Kier molecular flexibility index (Phi) is 5.75. The van der Waals surface area contributed by atoms with E-state index in [0.29, 0.717) is 42.5 Å². The van der Waals surface area contributed by atoms with Gasteiger partial charge in [-0.25, -0.2) is 17.2 Å². The molecule has 0 N–H and O–H groups in total. The van der Waals surface area contributed by atoms with E-state index in [9.17, 15) is 17.2 Å². The molecule has 0 aliphatic heterocycles. The van der Waals surface area contributed by atoms with Crippen molar-refractivity contribution in [1.82, 2.24) is 0 Å². The van der Waals surface area contributed by atoms with Crippen LogP contribution in [0.1, 0.15) is 0 Å². The molecule has 2 unspecified atom stereocenters. The molecule has 4 aromatic carbocycles. The maximum absolute atomic E-state index is 13.9. The minimum Gasteiger partial charge on any atom is -0.290 e. The Hall–Kier alpha value is -2.52. The fourth-order valence-corrected chi connectivity index (χ4v) is 5.01. The van der Waals surface area contributed by atoms with Gasteiger partial charge in [0.05, 0.1) is 24.0 Å². The van der Waals surface area contributed by atoms with Gasteiger partial charge in [-0.2, -0.15) is 0 Å². The van der Waals surface area contributed by atoms with E-state index in [2.05, 4.69) is 0 Å². The van der Waals surface area contributed by atoms with Crippen LogP contribution in [0.3, 0.4) is 0 Å². The molecule has 0 saturated heterocycles. The van der Waals surface area contributed by atoms with E-state index in [0.717, 1.165) is 0 Å². The third-order valence-corrected chi connectivity index (χ3v) is 6.80. The largest absolute Gasteiger partial charge is 0.290 e. The molecule has 2 atom stereocenters. The number of fused-ring (bicyclic) bond motifs is 2. The summed E-state index contributed by atoms with van der Waals surface area (Å²) in [6, 6.07) is 14.9. The highest BCUT2D eigenvalue weighted by Gasteiger charge is 2.23. The molecule has 0 spiro atoms. The van der Waals surface area contributed by atoms with Crippen LogP contribution in [-0.2, 0) is 30.5 Å². The summed E-state index contributed by atoms with van der Waals surface area (Å²) in [6.45, 7) is 0. The standard InChI is InChI=1S/C22H16F2O4S2/c1-27-29(25)19-9-3-13-11-15(23)5-7-17(13)21(19)22-18-8-6-16(24)12-14(18)4-10-20(22)30(26)28-2/h3-12H,1-2H3. The van der Waals surface area contributed by atoms with Gasteiger partial charge in [-0.3, -0.25) is 8.37 Å². The number of hydrogen-bond acceptors (Lipinski definition) is 4. The van der Waals surface area contributed by atoms with E-state index in [1.165, 1.54) is 38.5 Å². The minimum absolute atomic E-state index is 0.322. The molecule has 0 saturated carbocycles. The molecule has 0 aromatic heterocycles. The van der Waals surface area contributed by atoms with Gasteiger partial charge in [-0.05, 0) is 57.9 Å². The van der Waals surface area contributed by atoms with E-state index in [-0.39, 0.29) is 0 Å². The van der Waals surface area contributed by atoms with Crippen molar-refractivity contribution >= 4 is 43.7 Å². The molecular formula is C22H16F2O4S2. The van der Waals surface area contributed by atoms with Crippen molar-refractivity contribution in [3.8, 4) is 11.1 Å². The van der Waals surface area contributed by atoms with Gasteiger partial charge in [0.15, 0.2) is 22.2 Å². The van der Waals surface area contributed by atoms with Crippen LogP contribution in [-0.4, -0.2) is 22.6 Å². The maximum atomic E-state index is 13.9. The second-order valence-corrected chi connectivity index (χ2v) is 8.90. The second-order valence-electron chi connectivity index (χ2n) is 6.41. The molecule has 0 bridgehead atoms. The second kappa shape index (κ2) is 8.31. The van der Waals surface area contributed by atoms with Crippen molar-refractivity contribution in [3.63, 3.8) is 0 Å². The van der Waals surface area contributed by atoms with Crippen molar-refractivity contribution < 1.29 is 25.6 Å². The highest BCUT2D eigenvalue weighted by molar-refractivity contribution is 7.80. The molecule has 0 amide bonds. The van der Waals surface area contributed by atoms with Crippen LogP contribution in [0, 0.1) is 11.6 Å². The summed E-state index contributed by atoms with van der Waals surface area (Å²) in [5.74, 6) is -0.843. The number of hydrogen-bond donors (Lipinski definition) is 0. The molecule has 4 nitrogen and oxygen atoms in total. The fourth-order valence-electron chi connectivity index (χ4n) is 3.53. The first-order valence-corrected chi connectivity index (χ1v) is 11.0. The first-order valence-electron chi connectivity index (χ1n) is 8.82. The molecular weight excluding hydrogens is 430 g/mol. The van der Waals surface area contributed by atoms with Gasteiger partial charge in [-0.1, -0.05) is 24.3 Å². The lowest BCUT2D eigenvalue weighted by Crippen LogP contribution is -2.03. The minimum atomic E-state index is -1.84. The van der Waals surface area contributed by atoms with Crippen LogP contribution in [0.4, 0.5) is 8.78 Å². The molecule has 0 radical (unpaired) electrons. The van der Waals surface area contributed by atoms with Crippen molar-refractivity contribution in [1.29, 1.82) is 0 Å². The Labute approximate surface area is 176 Å². The monoisotopic (exact) mass is 446 g/mol. The molecule has 4 rings (SSSR count). The summed E-state index contributed by atoms with van der Waals surface area (Å²) in [5, 5.41) is 2.31. The smallest absolute Gasteiger partial charge is 0.189 e. The Morgan fingerprint density at radius 1 is 0.633 bits per heavy atom. The summed E-state index contributed by atoms with van der Waals surface area (Å²) in [7, 11) is 2.61. The highest BCUT2D eigenvalue weighted by Crippen LogP contribution is 2.42. The average molecular weight is 446 g/mol. The Bertz CT molecular complexity index is 1230. The van der Waals surface area contributed by atoms with E-state index < -0.39 is 33.8 Å². The lowest BCUT2D eigenvalue weighted by atomic mass is 9.93. The van der Waals surface area contributed by atoms with Crippen molar-refractivity contribution in [2.75, 3.05) is 14.2 Å². The van der Waals surface area contributed by atoms with Crippen LogP contribution in [0.5, 0.6) is 0 Å². The van der Waals surface area contributed by atoms with Crippen LogP contribution in [0.2, 0.25) is 0 Å². The number of benzene rings is 4. The summed E-state index contributed by atoms with van der Waals surface area (Å²) >= 11 is -3.68. The molecule has 0 aliphatic carbocycles. The van der Waals surface area contributed by atoms with E-state index in [1.54, 1.807) is 36.4 Å². The molecule has 0 aliphatic rings. The molecule has 154 valence electrons. The van der Waals surface area contributed by atoms with E-state index in [4.69, 9.17) is 8.37 Å². The third kappa shape index (κ3) is 3.56. The summed E-state index contributed by atoms with van der Waals surface area (Å²) in [5.41, 5.74) is 0.926. The van der Waals surface area contributed by atoms with Gasteiger partial charge in [-0.15, -0.1) is 0 Å². The van der Waals surface area contributed by atoms with Crippen molar-refractivity contribution in [3.05, 3.63) is 72.3 Å². The molecule has 30 heavy (non-hydrogen) atoms. The maximum Gasteiger partial charge on any atom is 0.189 e. The predicted molar refractivity (Wildman–Crippen MR) is 114 cm³/mol. The van der Waals surface area contributed by atoms with Crippen molar-refractivity contribution in [2.45, 2.75) is 9.79 Å². The zero-order valence-corrected chi connectivity index (χ0v) is 17.6. The van der Waals surface area contributed by atoms with Crippen LogP contribution in [0.15, 0.2) is 70.5 Å². The molecule has 4 aromatic rings. The third-order valence-electron chi connectivity index (χ3n) is 4.80. The Balaban J connectivity index is 2.23. The average Bonchev–Trinajstić information content (AvgIpc) is 2.76. The number of rotatable bonds is 5. The van der Waals surface area contributed by atoms with Gasteiger partial charge in [0, 0.05) is 11.1 Å². The quantitative estimate of drug-likeness (QED) is 0.419. The van der Waals surface area contributed by atoms with Gasteiger partial charge in [0.25, 0.3) is 0 Å². The molecule has 0 heterocycles. The molecule has 8 heteroatoms. The SMILES string of the molecule is COS(=O)c1ccc2cc(F)ccc2c1-c1c(S(=O)OC)ccc2cc(F)ccc12.